The number of likely N-dealkylation sites (N-methyl/N-ethyl adjacent to an activating group) is 1. The fourth-order valence-corrected chi connectivity index (χ4v) is 2.56. The first-order valence-corrected chi connectivity index (χ1v) is 7.33. The number of rotatable bonds is 5. The van der Waals surface area contributed by atoms with E-state index in [1.807, 2.05) is 43.1 Å². The van der Waals surface area contributed by atoms with Crippen LogP contribution in [0, 0.1) is 6.92 Å². The number of hydrogen-bond acceptors (Lipinski definition) is 3. The summed E-state index contributed by atoms with van der Waals surface area (Å²) in [6.45, 7) is 4.17. The highest BCUT2D eigenvalue weighted by molar-refractivity contribution is 5.85. The molecule has 1 atom stereocenters. The summed E-state index contributed by atoms with van der Waals surface area (Å²) in [5.41, 5.74) is 1.17. The van der Waals surface area contributed by atoms with E-state index in [4.69, 9.17) is 4.74 Å². The van der Waals surface area contributed by atoms with Gasteiger partial charge < -0.3 is 15.0 Å². The molecule has 1 aliphatic heterocycles. The van der Waals surface area contributed by atoms with E-state index in [0.717, 1.165) is 31.7 Å². The molecular weight excluding hydrogens is 288 g/mol. The SMILES string of the molecule is CNC1CCCN(C(=O)CCOc2cccc(C)c2)C1.Cl. The van der Waals surface area contributed by atoms with Crippen LogP contribution in [0.3, 0.4) is 0 Å². The zero-order chi connectivity index (χ0) is 14.4. The van der Waals surface area contributed by atoms with E-state index in [1.165, 1.54) is 5.56 Å². The highest BCUT2D eigenvalue weighted by atomic mass is 35.5. The van der Waals surface area contributed by atoms with Crippen LogP contribution in [0.1, 0.15) is 24.8 Å². The van der Waals surface area contributed by atoms with Gasteiger partial charge in [-0.05, 0) is 44.5 Å². The topological polar surface area (TPSA) is 41.6 Å². The number of halogens is 1. The van der Waals surface area contributed by atoms with E-state index in [2.05, 4.69) is 5.32 Å². The van der Waals surface area contributed by atoms with Crippen molar-refractivity contribution in [2.45, 2.75) is 32.2 Å². The van der Waals surface area contributed by atoms with Gasteiger partial charge in [-0.25, -0.2) is 0 Å². The standard InChI is InChI=1S/C16H24N2O2.ClH/c1-13-5-3-7-15(11-13)20-10-8-16(19)18-9-4-6-14(12-18)17-2;/h3,5,7,11,14,17H,4,6,8-10,12H2,1-2H3;1H. The Labute approximate surface area is 133 Å². The average molecular weight is 313 g/mol. The number of amides is 1. The lowest BCUT2D eigenvalue weighted by Crippen LogP contribution is -2.47. The summed E-state index contributed by atoms with van der Waals surface area (Å²) < 4.78 is 5.64. The van der Waals surface area contributed by atoms with Crippen LogP contribution in [0.4, 0.5) is 0 Å². The molecule has 1 N–H and O–H groups in total. The number of aryl methyl sites for hydroxylation is 1. The van der Waals surface area contributed by atoms with Gasteiger partial charge in [0, 0.05) is 19.1 Å². The average Bonchev–Trinajstić information content (AvgIpc) is 2.47. The van der Waals surface area contributed by atoms with Crippen LogP contribution in [-0.2, 0) is 4.79 Å². The van der Waals surface area contributed by atoms with Gasteiger partial charge in [0.1, 0.15) is 5.75 Å². The van der Waals surface area contributed by atoms with Gasteiger partial charge >= 0.3 is 0 Å². The number of ether oxygens (including phenoxy) is 1. The fraction of sp³-hybridized carbons (Fsp3) is 0.562. The molecule has 0 aromatic heterocycles. The number of hydrogen-bond donors (Lipinski definition) is 1. The van der Waals surface area contributed by atoms with E-state index in [9.17, 15) is 4.79 Å². The molecule has 118 valence electrons. The Bertz CT molecular complexity index is 454. The molecule has 1 fully saturated rings. The van der Waals surface area contributed by atoms with Crippen molar-refractivity contribution in [2.75, 3.05) is 26.7 Å². The molecule has 0 radical (unpaired) electrons. The lowest BCUT2D eigenvalue weighted by atomic mass is 10.1. The summed E-state index contributed by atoms with van der Waals surface area (Å²) in [5.74, 6) is 1.03. The van der Waals surface area contributed by atoms with Gasteiger partial charge in [-0.15, -0.1) is 12.4 Å². The summed E-state index contributed by atoms with van der Waals surface area (Å²) in [5, 5.41) is 3.25. The van der Waals surface area contributed by atoms with Crippen LogP contribution in [0.2, 0.25) is 0 Å². The molecule has 1 amide bonds. The number of benzene rings is 1. The molecule has 4 nitrogen and oxygen atoms in total. The third kappa shape index (κ3) is 5.56. The largest absolute Gasteiger partial charge is 0.493 e. The predicted molar refractivity (Wildman–Crippen MR) is 87.2 cm³/mol. The molecule has 0 spiro atoms. The molecule has 1 saturated heterocycles. The van der Waals surface area contributed by atoms with Gasteiger partial charge in [0.25, 0.3) is 0 Å². The van der Waals surface area contributed by atoms with Crippen LogP contribution >= 0.6 is 12.4 Å². The molecule has 1 unspecified atom stereocenters. The zero-order valence-electron chi connectivity index (χ0n) is 12.8. The number of likely N-dealkylation sites (tertiary alicyclic amines) is 1. The summed E-state index contributed by atoms with van der Waals surface area (Å²) in [4.78, 5) is 14.1. The first-order valence-electron chi connectivity index (χ1n) is 7.33. The Morgan fingerprint density at radius 2 is 2.29 bits per heavy atom. The van der Waals surface area contributed by atoms with Crippen molar-refractivity contribution in [3.63, 3.8) is 0 Å². The van der Waals surface area contributed by atoms with E-state index >= 15 is 0 Å². The van der Waals surface area contributed by atoms with Crippen molar-refractivity contribution >= 4 is 18.3 Å². The monoisotopic (exact) mass is 312 g/mol. The summed E-state index contributed by atoms with van der Waals surface area (Å²) in [7, 11) is 1.96. The van der Waals surface area contributed by atoms with Crippen molar-refractivity contribution in [1.29, 1.82) is 0 Å². The van der Waals surface area contributed by atoms with Gasteiger partial charge in [-0.3, -0.25) is 4.79 Å². The van der Waals surface area contributed by atoms with Gasteiger partial charge in [-0.2, -0.15) is 0 Å². The predicted octanol–water partition coefficient (Wildman–Crippen LogP) is 2.40. The van der Waals surface area contributed by atoms with Crippen molar-refractivity contribution in [3.05, 3.63) is 29.8 Å². The summed E-state index contributed by atoms with van der Waals surface area (Å²) in [6, 6.07) is 8.35. The molecule has 1 aromatic rings. The van der Waals surface area contributed by atoms with Crippen molar-refractivity contribution in [1.82, 2.24) is 10.2 Å². The van der Waals surface area contributed by atoms with Crippen LogP contribution in [-0.4, -0.2) is 43.6 Å². The highest BCUT2D eigenvalue weighted by Gasteiger charge is 2.22. The third-order valence-electron chi connectivity index (χ3n) is 3.76. The molecule has 21 heavy (non-hydrogen) atoms. The number of carbonyl (C=O) groups excluding carboxylic acids is 1. The maximum absolute atomic E-state index is 12.1. The Hall–Kier alpha value is -1.26. The maximum Gasteiger partial charge on any atom is 0.226 e. The normalized spacial score (nSPS) is 18.0. The minimum absolute atomic E-state index is 0. The van der Waals surface area contributed by atoms with Gasteiger partial charge in [0.15, 0.2) is 0 Å². The summed E-state index contributed by atoms with van der Waals surface area (Å²) >= 11 is 0. The first-order chi connectivity index (χ1) is 9.69. The van der Waals surface area contributed by atoms with Crippen LogP contribution in [0.25, 0.3) is 0 Å². The number of nitrogens with zero attached hydrogens (tertiary/aromatic N) is 1. The number of piperidine rings is 1. The molecule has 0 bridgehead atoms. The first kappa shape index (κ1) is 17.8. The lowest BCUT2D eigenvalue weighted by Gasteiger charge is -2.32. The van der Waals surface area contributed by atoms with Crippen LogP contribution < -0.4 is 10.1 Å². The molecule has 1 aromatic carbocycles. The second-order valence-corrected chi connectivity index (χ2v) is 5.38. The van der Waals surface area contributed by atoms with Gasteiger partial charge in [0.05, 0.1) is 13.0 Å². The molecule has 0 saturated carbocycles. The maximum atomic E-state index is 12.1. The molecule has 1 aliphatic rings. The van der Waals surface area contributed by atoms with E-state index in [-0.39, 0.29) is 18.3 Å². The van der Waals surface area contributed by atoms with Crippen molar-refractivity contribution in [2.24, 2.45) is 0 Å². The molecule has 5 heteroatoms. The second-order valence-electron chi connectivity index (χ2n) is 5.38. The van der Waals surface area contributed by atoms with E-state index < -0.39 is 0 Å². The number of nitrogens with one attached hydrogen (secondary N) is 1. The minimum atomic E-state index is 0. The molecule has 0 aliphatic carbocycles. The Balaban J connectivity index is 0.00000220. The Morgan fingerprint density at radius 1 is 1.48 bits per heavy atom. The zero-order valence-corrected chi connectivity index (χ0v) is 13.6. The summed E-state index contributed by atoms with van der Waals surface area (Å²) in [6.07, 6.45) is 2.68. The third-order valence-corrected chi connectivity index (χ3v) is 3.76. The Kier molecular flexibility index (Phi) is 7.54. The lowest BCUT2D eigenvalue weighted by molar-refractivity contribution is -0.133. The smallest absolute Gasteiger partial charge is 0.226 e. The van der Waals surface area contributed by atoms with Crippen LogP contribution in [0.5, 0.6) is 5.75 Å². The van der Waals surface area contributed by atoms with Crippen molar-refractivity contribution < 1.29 is 9.53 Å². The second kappa shape index (κ2) is 8.90. The number of carbonyl (C=O) groups is 1. The Morgan fingerprint density at radius 3 is 3.00 bits per heavy atom. The quantitative estimate of drug-likeness (QED) is 0.908. The fourth-order valence-electron chi connectivity index (χ4n) is 2.56. The van der Waals surface area contributed by atoms with Gasteiger partial charge in [0.2, 0.25) is 5.91 Å². The van der Waals surface area contributed by atoms with Crippen molar-refractivity contribution in [3.8, 4) is 5.75 Å². The molecular formula is C16H25ClN2O2. The molecule has 1 heterocycles. The van der Waals surface area contributed by atoms with Gasteiger partial charge in [-0.1, -0.05) is 12.1 Å². The van der Waals surface area contributed by atoms with Crippen LogP contribution in [0.15, 0.2) is 24.3 Å². The van der Waals surface area contributed by atoms with E-state index in [1.54, 1.807) is 0 Å². The molecule has 2 rings (SSSR count). The minimum Gasteiger partial charge on any atom is -0.493 e. The van der Waals surface area contributed by atoms with E-state index in [0.29, 0.717) is 19.1 Å². The highest BCUT2D eigenvalue weighted by Crippen LogP contribution is 2.14.